The van der Waals surface area contributed by atoms with Crippen molar-refractivity contribution in [3.05, 3.63) is 57.6 Å². The topological polar surface area (TPSA) is 94.2 Å². The minimum absolute atomic E-state index is 0.0345. The fourth-order valence-corrected chi connectivity index (χ4v) is 3.78. The van der Waals surface area contributed by atoms with Gasteiger partial charge in [0, 0.05) is 0 Å². The highest BCUT2D eigenvalue weighted by Gasteiger charge is 2.35. The minimum atomic E-state index is -0.776. The van der Waals surface area contributed by atoms with Crippen molar-refractivity contribution in [3.8, 4) is 17.2 Å². The Hall–Kier alpha value is -3.33. The molecule has 1 N–H and O–H groups in total. The number of nitrogens with one attached hydrogen (secondary N) is 1. The highest BCUT2D eigenvalue weighted by molar-refractivity contribution is 9.10. The third kappa shape index (κ3) is 5.96. The molecule has 1 heterocycles. The number of carbonyl (C=O) groups excluding carboxylic acids is 3. The number of methoxy groups -OCH3 is 1. The van der Waals surface area contributed by atoms with E-state index in [0.29, 0.717) is 46.1 Å². The van der Waals surface area contributed by atoms with Gasteiger partial charge in [-0.25, -0.2) is 4.79 Å². The summed E-state index contributed by atoms with van der Waals surface area (Å²) in [6, 6.07) is 9.66. The maximum atomic E-state index is 13.1. The normalized spacial score (nSPS) is 14.9. The van der Waals surface area contributed by atoms with E-state index in [0.717, 1.165) is 17.7 Å². The number of halogens is 1. The molecule has 1 aliphatic heterocycles. The van der Waals surface area contributed by atoms with Crippen molar-refractivity contribution in [2.45, 2.75) is 33.2 Å². The second kappa shape index (κ2) is 11.7. The van der Waals surface area contributed by atoms with Gasteiger partial charge >= 0.3 is 6.03 Å². The molecule has 0 spiro atoms. The third-order valence-corrected chi connectivity index (χ3v) is 5.56. The number of barbiturate groups is 1. The predicted molar refractivity (Wildman–Crippen MR) is 131 cm³/mol. The largest absolute Gasteiger partial charge is 0.493 e. The molecular weight excluding hydrogens is 504 g/mol. The van der Waals surface area contributed by atoms with Crippen molar-refractivity contribution in [2.24, 2.45) is 0 Å². The van der Waals surface area contributed by atoms with Crippen molar-refractivity contribution < 1.29 is 28.6 Å². The first-order valence-corrected chi connectivity index (χ1v) is 11.8. The smallest absolute Gasteiger partial charge is 0.331 e. The zero-order valence-corrected chi connectivity index (χ0v) is 20.9. The Labute approximate surface area is 207 Å². The van der Waals surface area contributed by atoms with Gasteiger partial charge in [0.05, 0.1) is 31.3 Å². The summed E-state index contributed by atoms with van der Waals surface area (Å²) in [5.41, 5.74) is 1.13. The molecule has 2 aromatic carbocycles. The maximum absolute atomic E-state index is 13.1. The van der Waals surface area contributed by atoms with Gasteiger partial charge in [-0.2, -0.15) is 0 Å². The lowest BCUT2D eigenvalue weighted by Crippen LogP contribution is -2.53. The molecule has 0 radical (unpaired) electrons. The lowest BCUT2D eigenvalue weighted by atomic mass is 10.1. The summed E-state index contributed by atoms with van der Waals surface area (Å²) >= 11 is 3.45. The SMILES string of the molecule is CCCOc1ccc(/C=C2\C(=O)NC(=O)N(Cc3ccc(OCCC)c(OC)c3)C2=O)cc1Br. The van der Waals surface area contributed by atoms with Crippen LogP contribution in [0.1, 0.15) is 37.8 Å². The van der Waals surface area contributed by atoms with Crippen molar-refractivity contribution in [3.63, 3.8) is 0 Å². The van der Waals surface area contributed by atoms with Crippen molar-refractivity contribution in [1.82, 2.24) is 10.2 Å². The molecule has 9 heteroatoms. The number of ether oxygens (including phenoxy) is 3. The molecule has 0 bridgehead atoms. The van der Waals surface area contributed by atoms with Gasteiger partial charge in [-0.05, 0) is 70.2 Å². The average molecular weight is 531 g/mol. The number of imide groups is 2. The Bertz CT molecular complexity index is 1110. The van der Waals surface area contributed by atoms with Crippen molar-refractivity contribution >= 4 is 39.9 Å². The number of nitrogens with zero attached hydrogens (tertiary/aromatic N) is 1. The van der Waals surface area contributed by atoms with Crippen LogP contribution in [0.2, 0.25) is 0 Å². The van der Waals surface area contributed by atoms with E-state index in [2.05, 4.69) is 21.2 Å². The lowest BCUT2D eigenvalue weighted by molar-refractivity contribution is -0.130. The van der Waals surface area contributed by atoms with E-state index in [1.165, 1.54) is 13.2 Å². The molecule has 0 aliphatic carbocycles. The van der Waals surface area contributed by atoms with Crippen LogP contribution in [0.4, 0.5) is 4.79 Å². The third-order valence-electron chi connectivity index (χ3n) is 4.94. The highest BCUT2D eigenvalue weighted by Crippen LogP contribution is 2.30. The fourth-order valence-electron chi connectivity index (χ4n) is 3.26. The first-order valence-electron chi connectivity index (χ1n) is 11.0. The van der Waals surface area contributed by atoms with E-state index in [4.69, 9.17) is 14.2 Å². The molecule has 180 valence electrons. The zero-order valence-electron chi connectivity index (χ0n) is 19.4. The molecule has 0 saturated carbocycles. The standard InChI is InChI=1S/C25H27BrN2O6/c1-4-10-33-20-8-6-16(13-19(20)26)12-18-23(29)27-25(31)28(24(18)30)15-17-7-9-21(34-11-5-2)22(14-17)32-3/h6-9,12-14H,4-5,10-11,15H2,1-3H3,(H,27,29,31)/b18-12+. The Morgan fingerprint density at radius 2 is 1.62 bits per heavy atom. The number of benzene rings is 2. The monoisotopic (exact) mass is 530 g/mol. The van der Waals surface area contributed by atoms with Crippen LogP contribution in [0.3, 0.4) is 0 Å². The van der Waals surface area contributed by atoms with Gasteiger partial charge in [0.2, 0.25) is 0 Å². The van der Waals surface area contributed by atoms with E-state index in [-0.39, 0.29) is 12.1 Å². The number of hydrogen-bond acceptors (Lipinski definition) is 6. The fraction of sp³-hybridized carbons (Fsp3) is 0.320. The van der Waals surface area contributed by atoms with Crippen LogP contribution >= 0.6 is 15.9 Å². The Morgan fingerprint density at radius 1 is 0.941 bits per heavy atom. The van der Waals surface area contributed by atoms with Crippen LogP contribution in [-0.4, -0.2) is 43.1 Å². The Kier molecular flexibility index (Phi) is 8.70. The van der Waals surface area contributed by atoms with Crippen LogP contribution < -0.4 is 19.5 Å². The summed E-state index contributed by atoms with van der Waals surface area (Å²) < 4.78 is 17.4. The van der Waals surface area contributed by atoms with Gasteiger partial charge < -0.3 is 14.2 Å². The second-order valence-corrected chi connectivity index (χ2v) is 8.43. The lowest BCUT2D eigenvalue weighted by Gasteiger charge is -2.26. The van der Waals surface area contributed by atoms with E-state index >= 15 is 0 Å². The van der Waals surface area contributed by atoms with E-state index in [1.807, 2.05) is 13.8 Å². The Balaban J connectivity index is 1.83. The molecule has 1 aliphatic rings. The molecule has 3 rings (SSSR count). The summed E-state index contributed by atoms with van der Waals surface area (Å²) in [6.07, 6.45) is 3.17. The van der Waals surface area contributed by atoms with Gasteiger partial charge in [-0.15, -0.1) is 0 Å². The van der Waals surface area contributed by atoms with E-state index in [1.54, 1.807) is 36.4 Å². The summed E-state index contributed by atoms with van der Waals surface area (Å²) in [5, 5.41) is 2.24. The number of amides is 4. The molecule has 0 unspecified atom stereocenters. The predicted octanol–water partition coefficient (Wildman–Crippen LogP) is 4.70. The molecule has 1 fully saturated rings. The van der Waals surface area contributed by atoms with E-state index in [9.17, 15) is 14.4 Å². The van der Waals surface area contributed by atoms with Crippen LogP contribution in [-0.2, 0) is 16.1 Å². The molecular formula is C25H27BrN2O6. The quantitative estimate of drug-likeness (QED) is 0.353. The zero-order chi connectivity index (χ0) is 24.7. The summed E-state index contributed by atoms with van der Waals surface area (Å²) in [4.78, 5) is 39.0. The first kappa shape index (κ1) is 25.3. The molecule has 2 aromatic rings. The van der Waals surface area contributed by atoms with Gasteiger partial charge in [-0.3, -0.25) is 19.8 Å². The summed E-state index contributed by atoms with van der Waals surface area (Å²) in [7, 11) is 1.52. The number of rotatable bonds is 10. The van der Waals surface area contributed by atoms with Crippen LogP contribution in [0, 0.1) is 0 Å². The molecule has 1 saturated heterocycles. The average Bonchev–Trinajstić information content (AvgIpc) is 2.82. The van der Waals surface area contributed by atoms with Crippen LogP contribution in [0.15, 0.2) is 46.4 Å². The van der Waals surface area contributed by atoms with Crippen LogP contribution in [0.5, 0.6) is 17.2 Å². The van der Waals surface area contributed by atoms with Crippen molar-refractivity contribution in [2.75, 3.05) is 20.3 Å². The van der Waals surface area contributed by atoms with Gasteiger partial charge in [-0.1, -0.05) is 26.0 Å². The molecule has 34 heavy (non-hydrogen) atoms. The summed E-state index contributed by atoms with van der Waals surface area (Å²) in [5.74, 6) is 0.324. The van der Waals surface area contributed by atoms with Crippen molar-refractivity contribution in [1.29, 1.82) is 0 Å². The van der Waals surface area contributed by atoms with E-state index < -0.39 is 17.8 Å². The molecule has 8 nitrogen and oxygen atoms in total. The van der Waals surface area contributed by atoms with Crippen LogP contribution in [0.25, 0.3) is 6.08 Å². The minimum Gasteiger partial charge on any atom is -0.493 e. The molecule has 0 atom stereocenters. The first-order chi connectivity index (χ1) is 16.4. The number of carbonyl (C=O) groups is 3. The maximum Gasteiger partial charge on any atom is 0.331 e. The number of urea groups is 1. The number of hydrogen-bond donors (Lipinski definition) is 1. The van der Waals surface area contributed by atoms with Gasteiger partial charge in [0.25, 0.3) is 11.8 Å². The second-order valence-electron chi connectivity index (χ2n) is 7.58. The summed E-state index contributed by atoms with van der Waals surface area (Å²) in [6.45, 7) is 5.10. The van der Waals surface area contributed by atoms with Gasteiger partial charge in [0.1, 0.15) is 11.3 Å². The Morgan fingerprint density at radius 3 is 2.26 bits per heavy atom. The van der Waals surface area contributed by atoms with Gasteiger partial charge in [0.15, 0.2) is 11.5 Å². The molecule has 4 amide bonds. The highest BCUT2D eigenvalue weighted by atomic mass is 79.9. The molecule has 0 aromatic heterocycles.